The van der Waals surface area contributed by atoms with Crippen LogP contribution >= 0.6 is 0 Å². The van der Waals surface area contributed by atoms with Crippen molar-refractivity contribution in [2.45, 2.75) is 6.92 Å². The molecule has 3 aromatic rings. The van der Waals surface area contributed by atoms with E-state index in [2.05, 4.69) is 4.98 Å². The summed E-state index contributed by atoms with van der Waals surface area (Å²) in [7, 11) is 0. The Bertz CT molecular complexity index is 879. The minimum atomic E-state index is -0.568. The van der Waals surface area contributed by atoms with Crippen molar-refractivity contribution in [3.05, 3.63) is 75.9 Å². The first-order valence-electron chi connectivity index (χ1n) is 6.51. The molecule has 0 fully saturated rings. The molecule has 104 valence electrons. The number of aromatic nitrogens is 1. The van der Waals surface area contributed by atoms with Gasteiger partial charge in [0, 0.05) is 17.7 Å². The molecule has 2 heterocycles. The first-order chi connectivity index (χ1) is 10.1. The Morgan fingerprint density at radius 2 is 2.10 bits per heavy atom. The standard InChI is InChI=1S/C17H13NO3/c1-11-5-4-6-12-9-14(17(20)21-16(11)12)15(19)10-13-7-2-3-8-18-13/h2-10,19H,1H3. The van der Waals surface area contributed by atoms with Gasteiger partial charge in [-0.3, -0.25) is 4.98 Å². The lowest BCUT2D eigenvalue weighted by Crippen LogP contribution is -2.06. The van der Waals surface area contributed by atoms with Gasteiger partial charge in [-0.15, -0.1) is 0 Å². The summed E-state index contributed by atoms with van der Waals surface area (Å²) in [6.45, 7) is 1.87. The van der Waals surface area contributed by atoms with Crippen molar-refractivity contribution in [3.63, 3.8) is 0 Å². The topological polar surface area (TPSA) is 63.3 Å². The van der Waals surface area contributed by atoms with Crippen LogP contribution in [0, 0.1) is 6.92 Å². The van der Waals surface area contributed by atoms with Gasteiger partial charge >= 0.3 is 5.63 Å². The van der Waals surface area contributed by atoms with E-state index in [4.69, 9.17) is 4.42 Å². The van der Waals surface area contributed by atoms with E-state index >= 15 is 0 Å². The second-order valence-electron chi connectivity index (χ2n) is 4.72. The fourth-order valence-electron chi connectivity index (χ4n) is 2.15. The van der Waals surface area contributed by atoms with Crippen LogP contribution in [0.15, 0.2) is 57.9 Å². The fourth-order valence-corrected chi connectivity index (χ4v) is 2.15. The zero-order chi connectivity index (χ0) is 14.8. The van der Waals surface area contributed by atoms with Crippen LogP contribution in [0.3, 0.4) is 0 Å². The maximum atomic E-state index is 12.0. The first-order valence-corrected chi connectivity index (χ1v) is 6.51. The van der Waals surface area contributed by atoms with Gasteiger partial charge in [-0.1, -0.05) is 24.3 Å². The van der Waals surface area contributed by atoms with E-state index in [-0.39, 0.29) is 11.3 Å². The highest BCUT2D eigenvalue weighted by molar-refractivity contribution is 5.84. The molecule has 0 bridgehead atoms. The molecule has 2 aromatic heterocycles. The normalized spacial score (nSPS) is 11.8. The summed E-state index contributed by atoms with van der Waals surface area (Å²) < 4.78 is 5.31. The van der Waals surface area contributed by atoms with Gasteiger partial charge in [0.25, 0.3) is 0 Å². The van der Waals surface area contributed by atoms with E-state index < -0.39 is 5.63 Å². The zero-order valence-electron chi connectivity index (χ0n) is 11.4. The van der Waals surface area contributed by atoms with E-state index in [1.165, 1.54) is 6.08 Å². The maximum absolute atomic E-state index is 12.0. The smallest absolute Gasteiger partial charge is 0.347 e. The van der Waals surface area contributed by atoms with Gasteiger partial charge in [0.1, 0.15) is 16.9 Å². The highest BCUT2D eigenvalue weighted by Crippen LogP contribution is 2.20. The number of hydrogen-bond acceptors (Lipinski definition) is 4. The van der Waals surface area contributed by atoms with Gasteiger partial charge in [0.15, 0.2) is 0 Å². The van der Waals surface area contributed by atoms with Gasteiger partial charge in [0.05, 0.1) is 5.69 Å². The van der Waals surface area contributed by atoms with Crippen LogP contribution < -0.4 is 5.63 Å². The molecule has 4 nitrogen and oxygen atoms in total. The summed E-state index contributed by atoms with van der Waals surface area (Å²) >= 11 is 0. The summed E-state index contributed by atoms with van der Waals surface area (Å²) in [6.07, 6.45) is 3.05. The summed E-state index contributed by atoms with van der Waals surface area (Å²) in [4.78, 5) is 16.1. The molecule has 0 aliphatic carbocycles. The predicted octanol–water partition coefficient (Wildman–Crippen LogP) is 3.55. The SMILES string of the molecule is Cc1cccc2cc(C(O)=Cc3ccccn3)c(=O)oc12. The number of aliphatic hydroxyl groups is 1. The second kappa shape index (κ2) is 5.25. The molecule has 0 atom stereocenters. The molecular formula is C17H13NO3. The highest BCUT2D eigenvalue weighted by atomic mass is 16.4. The summed E-state index contributed by atoms with van der Waals surface area (Å²) in [5.41, 5.74) is 1.54. The van der Waals surface area contributed by atoms with Crippen molar-refractivity contribution in [1.82, 2.24) is 4.98 Å². The van der Waals surface area contributed by atoms with E-state index in [1.807, 2.05) is 25.1 Å². The molecule has 0 saturated carbocycles. The Hall–Kier alpha value is -2.88. The van der Waals surface area contributed by atoms with Crippen molar-refractivity contribution >= 4 is 22.8 Å². The summed E-state index contributed by atoms with van der Waals surface area (Å²) in [5.74, 6) is -0.161. The molecular weight excluding hydrogens is 266 g/mol. The molecule has 1 N–H and O–H groups in total. The minimum absolute atomic E-state index is 0.124. The average Bonchev–Trinajstić information content (AvgIpc) is 2.48. The number of pyridine rings is 1. The van der Waals surface area contributed by atoms with Gasteiger partial charge in [-0.25, -0.2) is 4.79 Å². The number of benzene rings is 1. The summed E-state index contributed by atoms with van der Waals surface area (Å²) in [6, 6.07) is 12.5. The number of rotatable bonds is 2. The Morgan fingerprint density at radius 1 is 1.24 bits per heavy atom. The molecule has 4 heteroatoms. The average molecular weight is 279 g/mol. The lowest BCUT2D eigenvalue weighted by molar-refractivity contribution is 0.500. The van der Waals surface area contributed by atoms with Crippen LogP contribution in [-0.4, -0.2) is 10.1 Å². The number of nitrogens with zero attached hydrogens (tertiary/aromatic N) is 1. The number of hydrogen-bond donors (Lipinski definition) is 1. The molecule has 0 aliphatic rings. The molecule has 0 radical (unpaired) electrons. The molecule has 0 aliphatic heterocycles. The second-order valence-corrected chi connectivity index (χ2v) is 4.72. The highest BCUT2D eigenvalue weighted by Gasteiger charge is 2.10. The van der Waals surface area contributed by atoms with Crippen LogP contribution in [0.4, 0.5) is 0 Å². The monoisotopic (exact) mass is 279 g/mol. The third-order valence-electron chi connectivity index (χ3n) is 3.21. The van der Waals surface area contributed by atoms with E-state index in [0.717, 1.165) is 10.9 Å². The van der Waals surface area contributed by atoms with Crippen molar-refractivity contribution < 1.29 is 9.52 Å². The van der Waals surface area contributed by atoms with E-state index in [1.54, 1.807) is 30.5 Å². The van der Waals surface area contributed by atoms with Crippen LogP contribution in [0.1, 0.15) is 16.8 Å². The van der Waals surface area contributed by atoms with Crippen LogP contribution in [0.5, 0.6) is 0 Å². The molecule has 0 unspecified atom stereocenters. The Labute approximate surface area is 121 Å². The van der Waals surface area contributed by atoms with Crippen LogP contribution in [0.25, 0.3) is 22.8 Å². The van der Waals surface area contributed by atoms with Crippen molar-refractivity contribution in [2.75, 3.05) is 0 Å². The lowest BCUT2D eigenvalue weighted by Gasteiger charge is -2.03. The van der Waals surface area contributed by atoms with Crippen molar-refractivity contribution in [3.8, 4) is 0 Å². The fraction of sp³-hybridized carbons (Fsp3) is 0.0588. The van der Waals surface area contributed by atoms with Gasteiger partial charge in [-0.2, -0.15) is 0 Å². The molecule has 0 saturated heterocycles. The van der Waals surface area contributed by atoms with Gasteiger partial charge in [-0.05, 0) is 30.7 Å². The molecule has 1 aromatic carbocycles. The Morgan fingerprint density at radius 3 is 2.86 bits per heavy atom. The van der Waals surface area contributed by atoms with Crippen LogP contribution in [0.2, 0.25) is 0 Å². The predicted molar refractivity (Wildman–Crippen MR) is 82.0 cm³/mol. The zero-order valence-corrected chi connectivity index (χ0v) is 11.4. The van der Waals surface area contributed by atoms with E-state index in [0.29, 0.717) is 11.3 Å². The third kappa shape index (κ3) is 2.56. The summed E-state index contributed by atoms with van der Waals surface area (Å²) in [5, 5.41) is 10.9. The number of para-hydroxylation sites is 1. The van der Waals surface area contributed by atoms with Gasteiger partial charge < -0.3 is 9.52 Å². The largest absolute Gasteiger partial charge is 0.507 e. The maximum Gasteiger partial charge on any atom is 0.347 e. The Balaban J connectivity index is 2.15. The van der Waals surface area contributed by atoms with Crippen molar-refractivity contribution in [2.24, 2.45) is 0 Å². The quantitative estimate of drug-likeness (QED) is 0.575. The minimum Gasteiger partial charge on any atom is -0.507 e. The third-order valence-corrected chi connectivity index (χ3v) is 3.21. The molecule has 3 rings (SSSR count). The number of aliphatic hydroxyl groups excluding tert-OH is 1. The Kier molecular flexibility index (Phi) is 3.28. The molecule has 0 spiro atoms. The molecule has 21 heavy (non-hydrogen) atoms. The van der Waals surface area contributed by atoms with Gasteiger partial charge in [0.2, 0.25) is 0 Å². The number of fused-ring (bicyclic) bond motifs is 1. The first kappa shape index (κ1) is 13.1. The van der Waals surface area contributed by atoms with Crippen LogP contribution in [-0.2, 0) is 0 Å². The molecule has 0 amide bonds. The van der Waals surface area contributed by atoms with Crippen molar-refractivity contribution in [1.29, 1.82) is 0 Å². The van der Waals surface area contributed by atoms with E-state index in [9.17, 15) is 9.90 Å². The number of aryl methyl sites for hydroxylation is 1. The lowest BCUT2D eigenvalue weighted by atomic mass is 10.1.